The minimum atomic E-state index is -0.449. The minimum absolute atomic E-state index is 0.145. The lowest BCUT2D eigenvalue weighted by Gasteiger charge is -2.15. The summed E-state index contributed by atoms with van der Waals surface area (Å²) in [4.78, 5) is 27.5. The predicted octanol–water partition coefficient (Wildman–Crippen LogP) is 4.45. The van der Waals surface area contributed by atoms with Gasteiger partial charge in [-0.3, -0.25) is 9.36 Å². The molecule has 0 aliphatic carbocycles. The number of aromatic nitrogens is 3. The molecule has 2 aromatic heterocycles. The summed E-state index contributed by atoms with van der Waals surface area (Å²) < 4.78 is 18.6. The fourth-order valence-electron chi connectivity index (χ4n) is 4.46. The maximum atomic E-state index is 13.9. The van der Waals surface area contributed by atoms with E-state index in [1.807, 2.05) is 55.8 Å². The second kappa shape index (κ2) is 7.34. The van der Waals surface area contributed by atoms with E-state index >= 15 is 0 Å². The molecule has 0 fully saturated rings. The average Bonchev–Trinajstić information content (AvgIpc) is 3.04. The number of benzene rings is 3. The van der Waals surface area contributed by atoms with Crippen molar-refractivity contribution in [2.75, 3.05) is 0 Å². The van der Waals surface area contributed by atoms with Gasteiger partial charge in [0.15, 0.2) is 0 Å². The van der Waals surface area contributed by atoms with E-state index in [1.54, 1.807) is 28.8 Å². The summed E-state index contributed by atoms with van der Waals surface area (Å²) in [5.74, 6) is -0.368. The lowest BCUT2D eigenvalue weighted by Crippen LogP contribution is -2.39. The van der Waals surface area contributed by atoms with Gasteiger partial charge in [-0.2, -0.15) is 0 Å². The molecule has 2 heterocycles. The van der Waals surface area contributed by atoms with Gasteiger partial charge in [-0.05, 0) is 55.3 Å². The molecule has 0 N–H and O–H groups in total. The van der Waals surface area contributed by atoms with E-state index in [0.717, 1.165) is 22.0 Å². The molecule has 0 spiro atoms. The maximum absolute atomic E-state index is 13.9. The van der Waals surface area contributed by atoms with Crippen molar-refractivity contribution in [2.45, 2.75) is 20.4 Å². The number of halogens is 1. The summed E-state index contributed by atoms with van der Waals surface area (Å²) in [5.41, 5.74) is 4.07. The van der Waals surface area contributed by atoms with Crippen molar-refractivity contribution < 1.29 is 4.39 Å². The van der Waals surface area contributed by atoms with Crippen LogP contribution in [0.3, 0.4) is 0 Å². The van der Waals surface area contributed by atoms with Crippen molar-refractivity contribution in [3.8, 4) is 5.69 Å². The van der Waals surface area contributed by atoms with Crippen molar-refractivity contribution in [1.82, 2.24) is 13.7 Å². The molecule has 160 valence electrons. The highest BCUT2D eigenvalue weighted by molar-refractivity contribution is 6.06. The maximum Gasteiger partial charge on any atom is 0.336 e. The Balaban J connectivity index is 1.97. The Morgan fingerprint density at radius 1 is 0.875 bits per heavy atom. The van der Waals surface area contributed by atoms with Crippen molar-refractivity contribution in [3.05, 3.63) is 110 Å². The Morgan fingerprint density at radius 3 is 2.41 bits per heavy atom. The van der Waals surface area contributed by atoms with Gasteiger partial charge in [-0.15, -0.1) is 0 Å². The molecule has 0 unspecified atom stereocenters. The smallest absolute Gasteiger partial charge is 0.336 e. The number of hydrogen-bond donors (Lipinski definition) is 0. The highest BCUT2D eigenvalue weighted by Crippen LogP contribution is 2.27. The van der Waals surface area contributed by atoms with Crippen LogP contribution >= 0.6 is 0 Å². The summed E-state index contributed by atoms with van der Waals surface area (Å²) in [6.07, 6.45) is 0. The van der Waals surface area contributed by atoms with Crippen LogP contribution in [0.5, 0.6) is 0 Å². The van der Waals surface area contributed by atoms with Gasteiger partial charge in [0, 0.05) is 12.4 Å². The number of para-hydroxylation sites is 1. The average molecular weight is 427 g/mol. The molecule has 6 heteroatoms. The second-order valence-electron chi connectivity index (χ2n) is 8.20. The summed E-state index contributed by atoms with van der Waals surface area (Å²) in [6, 6.07) is 19.4. The van der Waals surface area contributed by atoms with E-state index in [9.17, 15) is 14.0 Å². The zero-order valence-corrected chi connectivity index (χ0v) is 18.1. The van der Waals surface area contributed by atoms with E-state index in [2.05, 4.69) is 0 Å². The molecular formula is C26H22FN3O2. The molecule has 32 heavy (non-hydrogen) atoms. The van der Waals surface area contributed by atoms with Crippen LogP contribution in [0.25, 0.3) is 27.6 Å². The largest absolute Gasteiger partial charge is 0.338 e. The first kappa shape index (κ1) is 20.0. The Hall–Kier alpha value is -3.93. The van der Waals surface area contributed by atoms with Crippen LogP contribution in [-0.4, -0.2) is 13.7 Å². The van der Waals surface area contributed by atoms with Crippen LogP contribution in [0.2, 0.25) is 0 Å². The van der Waals surface area contributed by atoms with E-state index in [0.29, 0.717) is 22.3 Å². The summed E-state index contributed by atoms with van der Waals surface area (Å²) in [7, 11) is 1.83. The highest BCUT2D eigenvalue weighted by Gasteiger charge is 2.22. The van der Waals surface area contributed by atoms with E-state index < -0.39 is 5.69 Å². The number of nitrogens with zero attached hydrogens (tertiary/aromatic N) is 3. The molecule has 0 aliphatic heterocycles. The third-order valence-corrected chi connectivity index (χ3v) is 6.01. The Kier molecular flexibility index (Phi) is 4.59. The monoisotopic (exact) mass is 427 g/mol. The van der Waals surface area contributed by atoms with Crippen molar-refractivity contribution in [2.24, 2.45) is 7.05 Å². The van der Waals surface area contributed by atoms with Crippen LogP contribution in [0, 0.1) is 19.7 Å². The minimum Gasteiger partial charge on any atom is -0.338 e. The fraction of sp³-hybridized carbons (Fsp3) is 0.154. The van der Waals surface area contributed by atoms with Crippen LogP contribution in [0.15, 0.2) is 76.3 Å². The number of aryl methyl sites for hydroxylation is 3. The molecule has 0 radical (unpaired) electrons. The Morgan fingerprint density at radius 2 is 1.66 bits per heavy atom. The second-order valence-corrected chi connectivity index (χ2v) is 8.20. The topological polar surface area (TPSA) is 48.9 Å². The molecule has 3 aromatic carbocycles. The molecule has 0 saturated carbocycles. The van der Waals surface area contributed by atoms with E-state index in [1.165, 1.54) is 16.7 Å². The standard InChI is InChI=1S/C26H22FN3O2/c1-16-11-12-22-20(13-16)23-24(28(22)3)25(31)30(21-10-5-4-7-17(21)2)26(32)29(23)15-18-8-6-9-19(27)14-18/h4-14H,15H2,1-3H3. The van der Waals surface area contributed by atoms with Crippen molar-refractivity contribution in [3.63, 3.8) is 0 Å². The molecule has 0 amide bonds. The molecule has 0 bridgehead atoms. The van der Waals surface area contributed by atoms with Crippen LogP contribution in [0.1, 0.15) is 16.7 Å². The van der Waals surface area contributed by atoms with Crippen molar-refractivity contribution in [1.29, 1.82) is 0 Å². The zero-order chi connectivity index (χ0) is 22.6. The number of fused-ring (bicyclic) bond motifs is 3. The van der Waals surface area contributed by atoms with E-state index in [4.69, 9.17) is 0 Å². The SMILES string of the molecule is Cc1ccc2c(c1)c1c(c(=O)n(-c3ccccc3C)c(=O)n1Cc1cccc(F)c1)n2C. The predicted molar refractivity (Wildman–Crippen MR) is 125 cm³/mol. The third-order valence-electron chi connectivity index (χ3n) is 6.01. The first-order valence-electron chi connectivity index (χ1n) is 10.4. The molecular weight excluding hydrogens is 405 g/mol. The van der Waals surface area contributed by atoms with Crippen LogP contribution in [0.4, 0.5) is 4.39 Å². The molecule has 0 atom stereocenters. The van der Waals surface area contributed by atoms with Gasteiger partial charge in [-0.1, -0.05) is 42.0 Å². The van der Waals surface area contributed by atoms with Gasteiger partial charge in [0.25, 0.3) is 5.56 Å². The summed E-state index contributed by atoms with van der Waals surface area (Å²) in [5, 5.41) is 0.824. The summed E-state index contributed by atoms with van der Waals surface area (Å²) >= 11 is 0. The Labute approximate surface area is 183 Å². The van der Waals surface area contributed by atoms with Gasteiger partial charge in [-0.25, -0.2) is 13.8 Å². The highest BCUT2D eigenvalue weighted by atomic mass is 19.1. The Bertz CT molecular complexity index is 1640. The molecule has 0 saturated heterocycles. The van der Waals surface area contributed by atoms with Gasteiger partial charge in [0.2, 0.25) is 0 Å². The molecule has 5 nitrogen and oxygen atoms in total. The van der Waals surface area contributed by atoms with Gasteiger partial charge in [0.05, 0.1) is 23.3 Å². The van der Waals surface area contributed by atoms with E-state index in [-0.39, 0.29) is 17.9 Å². The van der Waals surface area contributed by atoms with Crippen LogP contribution in [-0.2, 0) is 13.6 Å². The van der Waals surface area contributed by atoms with Gasteiger partial charge in [0.1, 0.15) is 11.3 Å². The normalized spacial score (nSPS) is 11.5. The van der Waals surface area contributed by atoms with Crippen molar-refractivity contribution >= 4 is 21.9 Å². The number of hydrogen-bond acceptors (Lipinski definition) is 2. The van der Waals surface area contributed by atoms with Gasteiger partial charge >= 0.3 is 5.69 Å². The van der Waals surface area contributed by atoms with Gasteiger partial charge < -0.3 is 4.57 Å². The first-order valence-corrected chi connectivity index (χ1v) is 10.4. The summed E-state index contributed by atoms with van der Waals surface area (Å²) in [6.45, 7) is 3.99. The fourth-order valence-corrected chi connectivity index (χ4v) is 4.46. The molecule has 5 aromatic rings. The quantitative estimate of drug-likeness (QED) is 0.427. The molecule has 5 rings (SSSR count). The first-order chi connectivity index (χ1) is 15.4. The third kappa shape index (κ3) is 2.99. The lowest BCUT2D eigenvalue weighted by atomic mass is 10.1. The zero-order valence-electron chi connectivity index (χ0n) is 18.1. The number of rotatable bonds is 3. The van der Waals surface area contributed by atoms with Crippen LogP contribution < -0.4 is 11.2 Å². The molecule has 0 aliphatic rings. The lowest BCUT2D eigenvalue weighted by molar-refractivity contribution is 0.622.